The number of rotatable bonds is 2. The topological polar surface area (TPSA) is 66.8 Å². The van der Waals surface area contributed by atoms with Crippen molar-refractivity contribution >= 4 is 5.97 Å². The third-order valence-corrected chi connectivity index (χ3v) is 0.271. The highest BCUT2D eigenvalue weighted by Gasteiger charge is 1.80. The molecule has 0 aromatic carbocycles. The number of hydrogen-bond donors (Lipinski definition) is 2. The normalized spacial score (nSPS) is 9.29. The Balaban J connectivity index is 3.26. The van der Waals surface area contributed by atoms with Crippen molar-refractivity contribution in [1.29, 1.82) is 0 Å². The Bertz CT molecular complexity index is 84.9. The molecule has 4 heteroatoms. The molecule has 0 aliphatic heterocycles. The Labute approximate surface area is 39.6 Å². The van der Waals surface area contributed by atoms with Gasteiger partial charge in [-0.1, -0.05) is 0 Å². The molecule has 0 aliphatic rings. The van der Waals surface area contributed by atoms with Crippen LogP contribution in [0.15, 0.2) is 12.3 Å². The molecule has 0 rings (SSSR count). The van der Waals surface area contributed by atoms with Crippen LogP contribution in [0.1, 0.15) is 0 Å². The number of carboxylic acids is 1. The van der Waals surface area contributed by atoms with E-state index < -0.39 is 5.97 Å². The zero-order valence-electron chi connectivity index (χ0n) is 3.37. The molecule has 0 saturated heterocycles. The maximum Gasteiger partial charge on any atom is 0.331 e. The highest BCUT2D eigenvalue weighted by molar-refractivity contribution is 5.79. The molecule has 0 aliphatic carbocycles. The first-order chi connectivity index (χ1) is 3.27. The monoisotopic (exact) mass is 104 g/mol. The van der Waals surface area contributed by atoms with E-state index >= 15 is 0 Å². The van der Waals surface area contributed by atoms with Crippen LogP contribution in [-0.2, 0) is 9.68 Å². The van der Waals surface area contributed by atoms with Crippen molar-refractivity contribution in [2.45, 2.75) is 0 Å². The van der Waals surface area contributed by atoms with E-state index in [1.165, 1.54) is 0 Å². The van der Waals surface area contributed by atoms with Crippen LogP contribution in [0.2, 0.25) is 0 Å². The minimum atomic E-state index is -1.16. The van der Waals surface area contributed by atoms with Gasteiger partial charge in [0, 0.05) is 0 Å². The number of carbonyl (C=O) groups is 1. The van der Waals surface area contributed by atoms with Gasteiger partial charge in [0.25, 0.3) is 0 Å². The highest BCUT2D eigenvalue weighted by atomic mass is 17.1. The first-order valence-corrected chi connectivity index (χ1v) is 1.47. The maximum absolute atomic E-state index is 9.48. The molecule has 0 heterocycles. The van der Waals surface area contributed by atoms with Crippen molar-refractivity contribution in [2.24, 2.45) is 0 Å². The summed E-state index contributed by atoms with van der Waals surface area (Å²) >= 11 is 0. The van der Waals surface area contributed by atoms with Gasteiger partial charge >= 0.3 is 5.97 Å². The fourth-order valence-corrected chi connectivity index (χ4v) is 0.0886. The third-order valence-electron chi connectivity index (χ3n) is 0.271. The lowest BCUT2D eigenvalue weighted by atomic mass is 10.7. The average molecular weight is 104 g/mol. The molecule has 0 atom stereocenters. The fraction of sp³-hybridized carbons (Fsp3) is 0. The quantitative estimate of drug-likeness (QED) is 0.225. The molecule has 7 heavy (non-hydrogen) atoms. The Hall–Kier alpha value is -1.03. The lowest BCUT2D eigenvalue weighted by Gasteiger charge is -1.76. The Morgan fingerprint density at radius 1 is 1.71 bits per heavy atom. The third kappa shape index (κ3) is 4.97. The zero-order valence-corrected chi connectivity index (χ0v) is 3.37. The van der Waals surface area contributed by atoms with E-state index in [1.807, 2.05) is 0 Å². The summed E-state index contributed by atoms with van der Waals surface area (Å²) in [6.07, 6.45) is 1.32. The molecular formula is C3H4O4. The molecular weight excluding hydrogens is 100 g/mol. The summed E-state index contributed by atoms with van der Waals surface area (Å²) in [7, 11) is 0. The van der Waals surface area contributed by atoms with E-state index in [4.69, 9.17) is 10.4 Å². The van der Waals surface area contributed by atoms with Crippen LogP contribution < -0.4 is 0 Å². The largest absolute Gasteiger partial charge is 0.478 e. The average Bonchev–Trinajstić information content (AvgIpc) is 1.61. The molecule has 0 aromatic heterocycles. The van der Waals surface area contributed by atoms with Crippen LogP contribution in [0.4, 0.5) is 0 Å². The van der Waals surface area contributed by atoms with E-state index in [0.29, 0.717) is 12.3 Å². The zero-order chi connectivity index (χ0) is 5.70. The molecule has 0 spiro atoms. The van der Waals surface area contributed by atoms with Gasteiger partial charge in [-0.3, -0.25) is 0 Å². The van der Waals surface area contributed by atoms with E-state index in [2.05, 4.69) is 4.89 Å². The Morgan fingerprint density at radius 3 is 2.43 bits per heavy atom. The predicted octanol–water partition coefficient (Wildman–Crippen LogP) is 0.0743. The molecule has 0 radical (unpaired) electrons. The highest BCUT2D eigenvalue weighted by Crippen LogP contribution is 1.69. The van der Waals surface area contributed by atoms with E-state index in [1.54, 1.807) is 0 Å². The second-order valence-electron chi connectivity index (χ2n) is 0.746. The molecule has 4 nitrogen and oxygen atoms in total. The summed E-state index contributed by atoms with van der Waals surface area (Å²) in [5, 5.41) is 15.2. The van der Waals surface area contributed by atoms with E-state index in [0.717, 1.165) is 0 Å². The van der Waals surface area contributed by atoms with Gasteiger partial charge < -0.3 is 9.99 Å². The smallest absolute Gasteiger partial charge is 0.331 e. The van der Waals surface area contributed by atoms with Gasteiger partial charge in [-0.15, -0.1) is 0 Å². The van der Waals surface area contributed by atoms with Crippen LogP contribution in [0.5, 0.6) is 0 Å². The molecule has 2 N–H and O–H groups in total. The van der Waals surface area contributed by atoms with Gasteiger partial charge in [0.1, 0.15) is 6.26 Å². The number of aliphatic carboxylic acids is 1. The summed E-state index contributed by atoms with van der Waals surface area (Å²) < 4.78 is 0. The first-order valence-electron chi connectivity index (χ1n) is 1.47. The minimum absolute atomic E-state index is 0.655. The molecule has 40 valence electrons. The molecule has 0 saturated carbocycles. The van der Waals surface area contributed by atoms with Gasteiger partial charge in [0.2, 0.25) is 0 Å². The van der Waals surface area contributed by atoms with Gasteiger partial charge in [-0.25, -0.2) is 10.1 Å². The lowest BCUT2D eigenvalue weighted by molar-refractivity contribution is -0.187. The van der Waals surface area contributed by atoms with Crippen LogP contribution in [0, 0.1) is 0 Å². The van der Waals surface area contributed by atoms with Gasteiger partial charge in [-0.05, 0) is 0 Å². The number of hydrogen-bond acceptors (Lipinski definition) is 3. The second-order valence-corrected chi connectivity index (χ2v) is 0.746. The predicted molar refractivity (Wildman–Crippen MR) is 20.5 cm³/mol. The molecule has 0 bridgehead atoms. The van der Waals surface area contributed by atoms with Crippen LogP contribution in [-0.4, -0.2) is 16.3 Å². The van der Waals surface area contributed by atoms with Gasteiger partial charge in [-0.2, -0.15) is 0 Å². The minimum Gasteiger partial charge on any atom is -0.478 e. The summed E-state index contributed by atoms with van der Waals surface area (Å²) in [6.45, 7) is 0. The molecule has 0 unspecified atom stereocenters. The summed E-state index contributed by atoms with van der Waals surface area (Å²) in [4.78, 5) is 12.8. The summed E-state index contributed by atoms with van der Waals surface area (Å²) in [6, 6.07) is 0. The van der Waals surface area contributed by atoms with Crippen molar-refractivity contribution in [3.8, 4) is 0 Å². The molecule has 0 fully saturated rings. The van der Waals surface area contributed by atoms with Crippen LogP contribution in [0.25, 0.3) is 0 Å². The SMILES string of the molecule is O=C(O)C=COO. The van der Waals surface area contributed by atoms with Gasteiger partial charge in [0.15, 0.2) is 0 Å². The van der Waals surface area contributed by atoms with Crippen molar-refractivity contribution in [3.05, 3.63) is 12.3 Å². The van der Waals surface area contributed by atoms with Crippen molar-refractivity contribution in [3.63, 3.8) is 0 Å². The first kappa shape index (κ1) is 5.97. The van der Waals surface area contributed by atoms with E-state index in [-0.39, 0.29) is 0 Å². The summed E-state index contributed by atoms with van der Waals surface area (Å²) in [5.74, 6) is -1.16. The van der Waals surface area contributed by atoms with Crippen LogP contribution >= 0.6 is 0 Å². The molecule has 0 aromatic rings. The number of carboxylic acid groups (broad SMARTS) is 1. The van der Waals surface area contributed by atoms with Gasteiger partial charge in [0.05, 0.1) is 6.08 Å². The van der Waals surface area contributed by atoms with Crippen molar-refractivity contribution in [1.82, 2.24) is 0 Å². The Kier molecular flexibility index (Phi) is 2.70. The standard InChI is InChI=1S/C3H4O4/c4-3(5)1-2-7-6/h1-2,6H,(H,4,5). The maximum atomic E-state index is 9.48. The second kappa shape index (κ2) is 3.17. The Morgan fingerprint density at radius 2 is 2.29 bits per heavy atom. The van der Waals surface area contributed by atoms with Crippen molar-refractivity contribution in [2.75, 3.05) is 0 Å². The molecule has 0 amide bonds. The summed E-state index contributed by atoms with van der Waals surface area (Å²) in [5.41, 5.74) is 0. The van der Waals surface area contributed by atoms with Crippen molar-refractivity contribution < 1.29 is 20.0 Å². The van der Waals surface area contributed by atoms with E-state index in [9.17, 15) is 4.79 Å². The lowest BCUT2D eigenvalue weighted by Crippen LogP contribution is -1.85. The van der Waals surface area contributed by atoms with Crippen LogP contribution in [0.3, 0.4) is 0 Å². The fourth-order valence-electron chi connectivity index (χ4n) is 0.0886.